The minimum absolute atomic E-state index is 0.0409. The fourth-order valence-corrected chi connectivity index (χ4v) is 3.78. The quantitative estimate of drug-likeness (QED) is 0.733. The topological polar surface area (TPSA) is 80.2 Å². The summed E-state index contributed by atoms with van der Waals surface area (Å²) >= 11 is 0. The highest BCUT2D eigenvalue weighted by molar-refractivity contribution is 5.45. The van der Waals surface area contributed by atoms with E-state index in [0.29, 0.717) is 0 Å². The lowest BCUT2D eigenvalue weighted by atomic mass is 9.96. The highest BCUT2D eigenvalue weighted by Crippen LogP contribution is 2.37. The van der Waals surface area contributed by atoms with Gasteiger partial charge in [-0.05, 0) is 43.5 Å². The Morgan fingerprint density at radius 1 is 1.00 bits per heavy atom. The first-order valence-electron chi connectivity index (χ1n) is 9.61. The Labute approximate surface area is 165 Å². The van der Waals surface area contributed by atoms with E-state index in [9.17, 15) is 10.2 Å². The van der Waals surface area contributed by atoms with E-state index in [0.717, 1.165) is 12.1 Å². The van der Waals surface area contributed by atoms with Gasteiger partial charge in [-0.3, -0.25) is 0 Å². The third-order valence-electron chi connectivity index (χ3n) is 5.24. The molecule has 0 amide bonds. The molecule has 0 bridgehead atoms. The van der Waals surface area contributed by atoms with Crippen LogP contribution in [0, 0.1) is 0 Å². The molecule has 2 aromatic carbocycles. The minimum Gasteiger partial charge on any atom is -0.385 e. The zero-order valence-electron chi connectivity index (χ0n) is 16.2. The van der Waals surface area contributed by atoms with Crippen LogP contribution in [0.3, 0.4) is 0 Å². The second-order valence-electron chi connectivity index (χ2n) is 7.95. The van der Waals surface area contributed by atoms with E-state index in [1.54, 1.807) is 13.8 Å². The van der Waals surface area contributed by atoms with Gasteiger partial charge in [0.2, 0.25) is 5.79 Å². The number of hydrogen-bond donors (Lipinski definition) is 3. The van der Waals surface area contributed by atoms with E-state index in [2.05, 4.69) is 17.4 Å². The normalized spacial score (nSPS) is 31.4. The molecule has 0 spiro atoms. The van der Waals surface area contributed by atoms with Crippen LogP contribution < -0.4 is 5.32 Å². The summed E-state index contributed by atoms with van der Waals surface area (Å²) in [4.78, 5) is 0. The molecule has 6 heteroatoms. The number of aliphatic hydroxyl groups is 2. The van der Waals surface area contributed by atoms with Gasteiger partial charge < -0.3 is 29.7 Å². The summed E-state index contributed by atoms with van der Waals surface area (Å²) < 4.78 is 17.0. The Bertz CT molecular complexity index is 794. The standard InChI is InChI=1S/C22H27NO5/c1-21(2)27-18-13-26-22(25,20(24)19(18)28-21)14-23-17-10-8-16(9-11-17)12-15-6-4-3-5-7-15/h3-11,18-20,23-25H,12-14H2,1-2H3/t18-,19-,20+,22-/m1/s1. The number of nitrogens with one attached hydrogen (secondary N) is 1. The molecule has 0 radical (unpaired) electrons. The van der Waals surface area contributed by atoms with Crippen LogP contribution in [0.5, 0.6) is 0 Å². The Morgan fingerprint density at radius 2 is 1.68 bits per heavy atom. The maximum Gasteiger partial charge on any atom is 0.212 e. The van der Waals surface area contributed by atoms with Crippen LogP contribution >= 0.6 is 0 Å². The maximum absolute atomic E-state index is 10.8. The molecule has 0 aromatic heterocycles. The van der Waals surface area contributed by atoms with E-state index in [4.69, 9.17) is 14.2 Å². The van der Waals surface area contributed by atoms with Gasteiger partial charge in [0, 0.05) is 5.69 Å². The van der Waals surface area contributed by atoms with Gasteiger partial charge in [-0.1, -0.05) is 42.5 Å². The molecule has 2 heterocycles. The van der Waals surface area contributed by atoms with Crippen molar-refractivity contribution in [1.29, 1.82) is 0 Å². The molecule has 6 nitrogen and oxygen atoms in total. The van der Waals surface area contributed by atoms with Crippen LogP contribution in [0.1, 0.15) is 25.0 Å². The second kappa shape index (κ2) is 7.46. The molecule has 2 saturated heterocycles. The molecule has 0 unspecified atom stereocenters. The summed E-state index contributed by atoms with van der Waals surface area (Å²) in [6, 6.07) is 18.3. The molecule has 2 aliphatic rings. The van der Waals surface area contributed by atoms with Crippen molar-refractivity contribution < 1.29 is 24.4 Å². The molecule has 28 heavy (non-hydrogen) atoms. The van der Waals surface area contributed by atoms with Crippen LogP contribution in [0.4, 0.5) is 5.69 Å². The van der Waals surface area contributed by atoms with E-state index < -0.39 is 23.8 Å². The van der Waals surface area contributed by atoms with Crippen molar-refractivity contribution in [2.24, 2.45) is 0 Å². The van der Waals surface area contributed by atoms with Crippen molar-refractivity contribution in [3.05, 3.63) is 65.7 Å². The number of anilines is 1. The van der Waals surface area contributed by atoms with Crippen molar-refractivity contribution in [3.8, 4) is 0 Å². The number of ether oxygens (including phenoxy) is 3. The van der Waals surface area contributed by atoms with Crippen molar-refractivity contribution in [2.45, 2.75) is 50.2 Å². The number of benzene rings is 2. The molecular formula is C22H27NO5. The van der Waals surface area contributed by atoms with Crippen LogP contribution in [-0.4, -0.2) is 53.3 Å². The van der Waals surface area contributed by atoms with Crippen LogP contribution in [0.2, 0.25) is 0 Å². The van der Waals surface area contributed by atoms with Crippen molar-refractivity contribution in [1.82, 2.24) is 0 Å². The first kappa shape index (κ1) is 19.4. The number of hydrogen-bond acceptors (Lipinski definition) is 6. The van der Waals surface area contributed by atoms with Gasteiger partial charge in [0.15, 0.2) is 5.79 Å². The SMILES string of the molecule is CC1(C)O[C@@H]2[C@@H](CO[C@](O)(CNc3ccc(Cc4ccccc4)cc3)[C@H]2O)O1. The van der Waals surface area contributed by atoms with Crippen molar-refractivity contribution in [3.63, 3.8) is 0 Å². The zero-order valence-corrected chi connectivity index (χ0v) is 16.2. The molecule has 4 rings (SSSR count). The highest BCUT2D eigenvalue weighted by atomic mass is 16.8. The van der Waals surface area contributed by atoms with Gasteiger partial charge in [0.25, 0.3) is 0 Å². The lowest BCUT2D eigenvalue weighted by Crippen LogP contribution is -2.62. The number of aliphatic hydroxyl groups excluding tert-OH is 1. The van der Waals surface area contributed by atoms with Gasteiger partial charge in [-0.2, -0.15) is 0 Å². The summed E-state index contributed by atoms with van der Waals surface area (Å²) in [6.07, 6.45) is -1.35. The highest BCUT2D eigenvalue weighted by Gasteiger charge is 2.56. The van der Waals surface area contributed by atoms with Gasteiger partial charge in [0.1, 0.15) is 18.3 Å². The van der Waals surface area contributed by atoms with E-state index in [-0.39, 0.29) is 19.3 Å². The summed E-state index contributed by atoms with van der Waals surface area (Å²) in [5.41, 5.74) is 3.30. The lowest BCUT2D eigenvalue weighted by Gasteiger charge is -2.41. The fourth-order valence-electron chi connectivity index (χ4n) is 3.78. The Kier molecular flexibility index (Phi) is 5.16. The summed E-state index contributed by atoms with van der Waals surface area (Å²) in [5.74, 6) is -2.54. The Balaban J connectivity index is 1.36. The number of fused-ring (bicyclic) bond motifs is 1. The second-order valence-corrected chi connectivity index (χ2v) is 7.95. The average Bonchev–Trinajstić information content (AvgIpc) is 3.00. The van der Waals surface area contributed by atoms with Crippen molar-refractivity contribution >= 4 is 5.69 Å². The Morgan fingerprint density at radius 3 is 2.39 bits per heavy atom. The Hall–Kier alpha value is -1.96. The van der Waals surface area contributed by atoms with Gasteiger partial charge in [-0.15, -0.1) is 0 Å². The van der Waals surface area contributed by atoms with Gasteiger partial charge >= 0.3 is 0 Å². The maximum atomic E-state index is 10.8. The third kappa shape index (κ3) is 4.06. The molecule has 3 N–H and O–H groups in total. The number of rotatable bonds is 5. The molecular weight excluding hydrogens is 358 g/mol. The predicted octanol–water partition coefficient (Wildman–Crippen LogP) is 2.29. The molecule has 0 saturated carbocycles. The minimum atomic E-state index is -1.74. The van der Waals surface area contributed by atoms with Crippen molar-refractivity contribution in [2.75, 3.05) is 18.5 Å². The monoisotopic (exact) mass is 385 g/mol. The fraction of sp³-hybridized carbons (Fsp3) is 0.455. The first-order valence-corrected chi connectivity index (χ1v) is 9.61. The first-order chi connectivity index (χ1) is 13.3. The van der Waals surface area contributed by atoms with E-state index >= 15 is 0 Å². The van der Waals surface area contributed by atoms with E-state index in [1.807, 2.05) is 42.5 Å². The zero-order chi connectivity index (χ0) is 19.8. The molecule has 0 aliphatic carbocycles. The van der Waals surface area contributed by atoms with Gasteiger partial charge in [-0.25, -0.2) is 0 Å². The molecule has 2 aromatic rings. The molecule has 150 valence electrons. The average molecular weight is 385 g/mol. The predicted molar refractivity (Wildman–Crippen MR) is 105 cm³/mol. The molecule has 2 aliphatic heterocycles. The molecule has 2 fully saturated rings. The van der Waals surface area contributed by atoms with Gasteiger partial charge in [0.05, 0.1) is 13.2 Å². The largest absolute Gasteiger partial charge is 0.385 e. The molecule has 4 atom stereocenters. The van der Waals surface area contributed by atoms with Crippen LogP contribution in [-0.2, 0) is 20.6 Å². The summed E-state index contributed by atoms with van der Waals surface area (Å²) in [5, 5.41) is 24.5. The van der Waals surface area contributed by atoms with E-state index in [1.165, 1.54) is 11.1 Å². The summed E-state index contributed by atoms with van der Waals surface area (Å²) in [6.45, 7) is 3.78. The van der Waals surface area contributed by atoms with Crippen LogP contribution in [0.25, 0.3) is 0 Å². The lowest BCUT2D eigenvalue weighted by molar-refractivity contribution is -0.298. The summed E-state index contributed by atoms with van der Waals surface area (Å²) in [7, 11) is 0. The smallest absolute Gasteiger partial charge is 0.212 e. The van der Waals surface area contributed by atoms with Crippen LogP contribution in [0.15, 0.2) is 54.6 Å². The third-order valence-corrected chi connectivity index (χ3v) is 5.24.